The monoisotopic (exact) mass is 172 g/mol. The fourth-order valence-electron chi connectivity index (χ4n) is 1.92. The summed E-state index contributed by atoms with van der Waals surface area (Å²) in [5.41, 5.74) is 0. The Labute approximate surface area is 73.0 Å². The van der Waals surface area contributed by atoms with Crippen molar-refractivity contribution in [2.24, 2.45) is 5.92 Å². The summed E-state index contributed by atoms with van der Waals surface area (Å²) in [6.07, 6.45) is 1.66. The molecule has 0 aromatic carbocycles. The van der Waals surface area contributed by atoms with Crippen molar-refractivity contribution in [1.29, 1.82) is 0 Å². The second-order valence-electron chi connectivity index (χ2n) is 3.75. The van der Waals surface area contributed by atoms with Crippen LogP contribution in [0.5, 0.6) is 0 Å². The summed E-state index contributed by atoms with van der Waals surface area (Å²) in [5.74, 6) is 0.479. The van der Waals surface area contributed by atoms with Gasteiger partial charge in [-0.2, -0.15) is 0 Å². The molecule has 2 aliphatic rings. The lowest BCUT2D eigenvalue weighted by Crippen LogP contribution is -2.26. The van der Waals surface area contributed by atoms with Gasteiger partial charge in [-0.3, -0.25) is 0 Å². The van der Waals surface area contributed by atoms with E-state index in [1.54, 1.807) is 0 Å². The fraction of sp³-hybridized carbons (Fsp3) is 1.00. The van der Waals surface area contributed by atoms with Gasteiger partial charge in [0.15, 0.2) is 6.29 Å². The normalized spacial score (nSPS) is 40.8. The molecule has 2 aliphatic heterocycles. The van der Waals surface area contributed by atoms with E-state index in [0.29, 0.717) is 12.5 Å². The number of ether oxygens (including phenoxy) is 3. The summed E-state index contributed by atoms with van der Waals surface area (Å²) in [5, 5.41) is 0. The van der Waals surface area contributed by atoms with Gasteiger partial charge in [-0.15, -0.1) is 0 Å². The minimum Gasteiger partial charge on any atom is -0.373 e. The summed E-state index contributed by atoms with van der Waals surface area (Å²) < 4.78 is 16.5. The van der Waals surface area contributed by atoms with Crippen molar-refractivity contribution in [3.05, 3.63) is 0 Å². The van der Waals surface area contributed by atoms with Gasteiger partial charge in [0.05, 0.1) is 25.4 Å². The molecule has 0 radical (unpaired) electrons. The molecule has 3 nitrogen and oxygen atoms in total. The van der Waals surface area contributed by atoms with E-state index in [1.807, 2.05) is 0 Å². The number of rotatable bonds is 2. The molecule has 0 amide bonds. The molecular weight excluding hydrogens is 156 g/mol. The summed E-state index contributed by atoms with van der Waals surface area (Å²) in [4.78, 5) is 0. The largest absolute Gasteiger partial charge is 0.373 e. The SMILES string of the molecule is CC(C)O[C@H]1CO[C@H]2OCC[C@H]21. The van der Waals surface area contributed by atoms with Gasteiger partial charge >= 0.3 is 0 Å². The third-order valence-corrected chi connectivity index (χ3v) is 2.43. The van der Waals surface area contributed by atoms with E-state index in [1.165, 1.54) is 0 Å². The van der Waals surface area contributed by atoms with Crippen molar-refractivity contribution in [3.8, 4) is 0 Å². The zero-order valence-corrected chi connectivity index (χ0v) is 7.66. The summed E-state index contributed by atoms with van der Waals surface area (Å²) in [6.45, 7) is 5.65. The van der Waals surface area contributed by atoms with Gasteiger partial charge in [0.1, 0.15) is 0 Å². The van der Waals surface area contributed by atoms with Crippen LogP contribution in [0.2, 0.25) is 0 Å². The van der Waals surface area contributed by atoms with E-state index in [2.05, 4.69) is 13.8 Å². The lowest BCUT2D eigenvalue weighted by molar-refractivity contribution is -0.0911. The summed E-state index contributed by atoms with van der Waals surface area (Å²) >= 11 is 0. The highest BCUT2D eigenvalue weighted by molar-refractivity contribution is 4.83. The zero-order chi connectivity index (χ0) is 8.55. The highest BCUT2D eigenvalue weighted by atomic mass is 16.7. The molecule has 0 aromatic heterocycles. The molecule has 0 N–H and O–H groups in total. The lowest BCUT2D eigenvalue weighted by atomic mass is 10.0. The first kappa shape index (κ1) is 8.48. The Morgan fingerprint density at radius 3 is 2.92 bits per heavy atom. The van der Waals surface area contributed by atoms with E-state index in [9.17, 15) is 0 Å². The van der Waals surface area contributed by atoms with Crippen molar-refractivity contribution in [2.75, 3.05) is 13.2 Å². The van der Waals surface area contributed by atoms with Crippen LogP contribution in [0.3, 0.4) is 0 Å². The van der Waals surface area contributed by atoms with Gasteiger partial charge in [0, 0.05) is 5.92 Å². The predicted octanol–water partition coefficient (Wildman–Crippen LogP) is 1.17. The first-order valence-electron chi connectivity index (χ1n) is 4.66. The van der Waals surface area contributed by atoms with Crippen LogP contribution in [-0.2, 0) is 14.2 Å². The molecule has 2 heterocycles. The summed E-state index contributed by atoms with van der Waals surface area (Å²) in [6, 6.07) is 0. The van der Waals surface area contributed by atoms with Crippen LogP contribution in [0.25, 0.3) is 0 Å². The molecule has 0 aliphatic carbocycles. The zero-order valence-electron chi connectivity index (χ0n) is 7.66. The molecule has 0 spiro atoms. The maximum atomic E-state index is 5.72. The second kappa shape index (κ2) is 3.32. The van der Waals surface area contributed by atoms with Gasteiger partial charge in [0.25, 0.3) is 0 Å². The lowest BCUT2D eigenvalue weighted by Gasteiger charge is -2.18. The maximum absolute atomic E-state index is 5.72. The van der Waals surface area contributed by atoms with Crippen molar-refractivity contribution >= 4 is 0 Å². The molecule has 0 saturated carbocycles. The van der Waals surface area contributed by atoms with Crippen LogP contribution in [-0.4, -0.2) is 31.7 Å². The predicted molar refractivity (Wildman–Crippen MR) is 43.8 cm³/mol. The van der Waals surface area contributed by atoms with E-state index in [0.717, 1.165) is 13.0 Å². The van der Waals surface area contributed by atoms with Crippen LogP contribution in [0.15, 0.2) is 0 Å². The molecule has 3 heteroatoms. The van der Waals surface area contributed by atoms with E-state index < -0.39 is 0 Å². The quantitative estimate of drug-likeness (QED) is 0.626. The average Bonchev–Trinajstić information content (AvgIpc) is 2.52. The molecule has 70 valence electrons. The van der Waals surface area contributed by atoms with Gasteiger partial charge in [0.2, 0.25) is 0 Å². The van der Waals surface area contributed by atoms with E-state index >= 15 is 0 Å². The topological polar surface area (TPSA) is 27.7 Å². The van der Waals surface area contributed by atoms with E-state index in [4.69, 9.17) is 14.2 Å². The minimum absolute atomic E-state index is 0.0220. The van der Waals surface area contributed by atoms with Gasteiger partial charge < -0.3 is 14.2 Å². The van der Waals surface area contributed by atoms with Crippen LogP contribution in [0, 0.1) is 5.92 Å². The highest BCUT2D eigenvalue weighted by Gasteiger charge is 2.42. The number of hydrogen-bond acceptors (Lipinski definition) is 3. The van der Waals surface area contributed by atoms with Crippen LogP contribution >= 0.6 is 0 Å². The van der Waals surface area contributed by atoms with Crippen molar-refractivity contribution in [1.82, 2.24) is 0 Å². The van der Waals surface area contributed by atoms with Gasteiger partial charge in [-0.1, -0.05) is 0 Å². The van der Waals surface area contributed by atoms with Crippen molar-refractivity contribution in [2.45, 2.75) is 38.8 Å². The van der Waals surface area contributed by atoms with Crippen molar-refractivity contribution < 1.29 is 14.2 Å². The Bertz CT molecular complexity index is 158. The van der Waals surface area contributed by atoms with Crippen molar-refractivity contribution in [3.63, 3.8) is 0 Å². The molecule has 2 fully saturated rings. The average molecular weight is 172 g/mol. The molecule has 3 atom stereocenters. The Morgan fingerprint density at radius 2 is 2.17 bits per heavy atom. The molecular formula is C9H16O3. The van der Waals surface area contributed by atoms with Crippen LogP contribution in [0.1, 0.15) is 20.3 Å². The third-order valence-electron chi connectivity index (χ3n) is 2.43. The molecule has 0 bridgehead atoms. The fourth-order valence-corrected chi connectivity index (χ4v) is 1.92. The van der Waals surface area contributed by atoms with E-state index in [-0.39, 0.29) is 18.5 Å². The maximum Gasteiger partial charge on any atom is 0.163 e. The molecule has 0 unspecified atom stereocenters. The van der Waals surface area contributed by atoms with Gasteiger partial charge in [-0.05, 0) is 20.3 Å². The Hall–Kier alpha value is -0.120. The first-order chi connectivity index (χ1) is 5.77. The Kier molecular flexibility index (Phi) is 2.35. The second-order valence-corrected chi connectivity index (χ2v) is 3.75. The Balaban J connectivity index is 1.91. The standard InChI is InChI=1S/C9H16O3/c1-6(2)12-8-5-11-9-7(8)3-4-10-9/h6-9H,3-5H2,1-2H3/t7-,8-,9+/m0/s1. The first-order valence-corrected chi connectivity index (χ1v) is 4.66. The molecule has 2 saturated heterocycles. The minimum atomic E-state index is 0.0220. The molecule has 12 heavy (non-hydrogen) atoms. The van der Waals surface area contributed by atoms with Crippen LogP contribution in [0.4, 0.5) is 0 Å². The summed E-state index contributed by atoms with van der Waals surface area (Å²) in [7, 11) is 0. The number of fused-ring (bicyclic) bond motifs is 1. The molecule has 2 rings (SSSR count). The van der Waals surface area contributed by atoms with Crippen LogP contribution < -0.4 is 0 Å². The third kappa shape index (κ3) is 1.49. The number of hydrogen-bond donors (Lipinski definition) is 0. The molecule has 0 aromatic rings. The highest BCUT2D eigenvalue weighted by Crippen LogP contribution is 2.33. The smallest absolute Gasteiger partial charge is 0.163 e. The van der Waals surface area contributed by atoms with Gasteiger partial charge in [-0.25, -0.2) is 0 Å². The Morgan fingerprint density at radius 1 is 1.33 bits per heavy atom.